The second-order valence-electron chi connectivity index (χ2n) is 12.4. The van der Waals surface area contributed by atoms with E-state index in [4.69, 9.17) is 19.1 Å². The molecule has 0 saturated carbocycles. The van der Waals surface area contributed by atoms with Crippen molar-refractivity contribution in [2.24, 2.45) is 4.99 Å². The number of aromatic nitrogens is 1. The first kappa shape index (κ1) is 30.1. The first-order valence-electron chi connectivity index (χ1n) is 15.6. The molecule has 228 valence electrons. The van der Waals surface area contributed by atoms with Crippen molar-refractivity contribution < 1.29 is 30.2 Å². The van der Waals surface area contributed by atoms with Crippen molar-refractivity contribution >= 4 is 49.3 Å². The minimum absolute atomic E-state index is 0. The molecule has 4 nitrogen and oxygen atoms in total. The van der Waals surface area contributed by atoms with Crippen LogP contribution in [0.1, 0.15) is 67.7 Å². The molecular formula is C41H32N2O2Pt. The van der Waals surface area contributed by atoms with Gasteiger partial charge in [0.1, 0.15) is 11.2 Å². The van der Waals surface area contributed by atoms with Gasteiger partial charge in [0, 0.05) is 46.0 Å². The Morgan fingerprint density at radius 1 is 0.739 bits per heavy atom. The summed E-state index contributed by atoms with van der Waals surface area (Å²) in [5, 5.41) is 4.96. The molecule has 8 rings (SSSR count). The molecule has 5 aromatic carbocycles. The van der Waals surface area contributed by atoms with Gasteiger partial charge in [-0.2, -0.15) is 0 Å². The van der Waals surface area contributed by atoms with Crippen molar-refractivity contribution in [3.63, 3.8) is 0 Å². The Morgan fingerprint density at radius 2 is 1.48 bits per heavy atom. The molecule has 1 aliphatic rings. The molecule has 5 heteroatoms. The Kier molecular flexibility index (Phi) is 7.86. The van der Waals surface area contributed by atoms with Gasteiger partial charge in [-0.05, 0) is 45.8 Å². The van der Waals surface area contributed by atoms with Crippen LogP contribution < -0.4 is 4.74 Å². The van der Waals surface area contributed by atoms with Crippen LogP contribution in [0.5, 0.6) is 11.5 Å². The molecule has 2 aromatic heterocycles. The van der Waals surface area contributed by atoms with Crippen LogP contribution in [0, 0.1) is 12.1 Å². The van der Waals surface area contributed by atoms with Crippen molar-refractivity contribution in [3.05, 3.63) is 138 Å². The molecule has 0 saturated heterocycles. The van der Waals surface area contributed by atoms with Gasteiger partial charge in [0.15, 0.2) is 0 Å². The number of hydrogen-bond acceptors (Lipinski definition) is 4. The predicted molar refractivity (Wildman–Crippen MR) is 184 cm³/mol. The molecule has 1 unspecified atom stereocenters. The molecule has 46 heavy (non-hydrogen) atoms. The first-order valence-corrected chi connectivity index (χ1v) is 15.6. The van der Waals surface area contributed by atoms with E-state index < -0.39 is 0 Å². The topological polar surface area (TPSA) is 47.6 Å². The molecule has 0 radical (unpaired) electrons. The third kappa shape index (κ3) is 5.06. The summed E-state index contributed by atoms with van der Waals surface area (Å²) < 4.78 is 12.7. The van der Waals surface area contributed by atoms with Crippen LogP contribution in [0.4, 0.5) is 0 Å². The Labute approximate surface area is 283 Å². The molecular weight excluding hydrogens is 748 g/mol. The van der Waals surface area contributed by atoms with Crippen LogP contribution in [-0.2, 0) is 21.1 Å². The van der Waals surface area contributed by atoms with Gasteiger partial charge in [0.25, 0.3) is 0 Å². The molecule has 0 N–H and O–H groups in total. The summed E-state index contributed by atoms with van der Waals surface area (Å²) in [5.41, 5.74) is 8.53. The Hall–Kier alpha value is -4.53. The fraction of sp³-hybridized carbons (Fsp3) is 0.171. The zero-order valence-corrected chi connectivity index (χ0v) is 28.3. The summed E-state index contributed by atoms with van der Waals surface area (Å²) in [4.78, 5) is 9.73. The van der Waals surface area contributed by atoms with Crippen molar-refractivity contribution in [1.29, 1.82) is 0 Å². The third-order valence-corrected chi connectivity index (χ3v) is 8.85. The maximum absolute atomic E-state index is 6.40. The number of rotatable bonds is 6. The van der Waals surface area contributed by atoms with E-state index in [2.05, 4.69) is 88.4 Å². The maximum Gasteiger partial charge on any atom is 2.00 e. The number of fused-ring (bicyclic) bond motifs is 7. The van der Waals surface area contributed by atoms with Gasteiger partial charge >= 0.3 is 21.1 Å². The van der Waals surface area contributed by atoms with Crippen LogP contribution >= 0.6 is 0 Å². The van der Waals surface area contributed by atoms with E-state index in [9.17, 15) is 0 Å². The first-order chi connectivity index (χ1) is 22.0. The number of benzene rings is 5. The van der Waals surface area contributed by atoms with Crippen LogP contribution in [0.15, 0.2) is 113 Å². The van der Waals surface area contributed by atoms with Gasteiger partial charge in [-0.3, -0.25) is 0 Å². The molecule has 0 amide bonds. The number of furan rings is 1. The molecule has 0 fully saturated rings. The van der Waals surface area contributed by atoms with Gasteiger partial charge in [0.05, 0.1) is 0 Å². The molecule has 7 aromatic rings. The second-order valence-corrected chi connectivity index (χ2v) is 12.4. The van der Waals surface area contributed by atoms with E-state index >= 15 is 0 Å². The fourth-order valence-electron chi connectivity index (χ4n) is 6.70. The smallest absolute Gasteiger partial charge is 0.497 e. The standard InChI is InChI=1S/C41H32N2O2.Pt/c1-24(2)30-12-8-13-31(25(3)4)38(30)33-19-20-42-39(33)27-9-7-10-28(21-27)44-29-17-15-26-16-18-34-40(35(26)22-29)43-23-36-32-11-5-6-14-37(32)45-41(34)36;/h5-20,23-25,33H,1-4H3;/q-2;+2. The van der Waals surface area contributed by atoms with E-state index in [0.29, 0.717) is 23.3 Å². The number of nitrogens with zero attached hydrogens (tertiary/aromatic N) is 2. The molecule has 1 aliphatic heterocycles. The number of allylic oxidation sites excluding steroid dienone is 1. The summed E-state index contributed by atoms with van der Waals surface area (Å²) in [5.74, 6) is 2.09. The van der Waals surface area contributed by atoms with Gasteiger partial charge in [0.2, 0.25) is 0 Å². The SMILES string of the molecule is CC(C)c1cccc(C(C)C)c1C1C=CN=C1c1[c-]c(Oc2[c-]c3c(cc2)ccc2c3ncc3c4ccccc4oc32)ccc1.[Pt+2]. The fourth-order valence-corrected chi connectivity index (χ4v) is 6.70. The minimum Gasteiger partial charge on any atom is -0.497 e. The van der Waals surface area contributed by atoms with Gasteiger partial charge < -0.3 is 19.1 Å². The monoisotopic (exact) mass is 779 g/mol. The molecule has 0 aliphatic carbocycles. The van der Waals surface area contributed by atoms with E-state index in [0.717, 1.165) is 54.9 Å². The summed E-state index contributed by atoms with van der Waals surface area (Å²) in [6.07, 6.45) is 6.03. The summed E-state index contributed by atoms with van der Waals surface area (Å²) in [6.45, 7) is 9.04. The Bertz CT molecular complexity index is 2300. The zero-order valence-electron chi connectivity index (χ0n) is 26.1. The Balaban J connectivity index is 0.00000338. The summed E-state index contributed by atoms with van der Waals surface area (Å²) in [7, 11) is 0. The Morgan fingerprint density at radius 3 is 2.28 bits per heavy atom. The number of hydrogen-bond donors (Lipinski definition) is 0. The van der Waals surface area contributed by atoms with E-state index in [1.54, 1.807) is 0 Å². The number of aliphatic imine (C=N–C) groups is 1. The predicted octanol–water partition coefficient (Wildman–Crippen LogP) is 11.0. The third-order valence-electron chi connectivity index (χ3n) is 8.85. The van der Waals surface area contributed by atoms with Crippen LogP contribution in [0.2, 0.25) is 0 Å². The maximum atomic E-state index is 6.40. The van der Waals surface area contributed by atoms with Gasteiger partial charge in [-0.1, -0.05) is 94.4 Å². The van der Waals surface area contributed by atoms with Crippen molar-refractivity contribution in [2.45, 2.75) is 45.4 Å². The number of ether oxygens (including phenoxy) is 1. The van der Waals surface area contributed by atoms with Gasteiger partial charge in [-0.15, -0.1) is 46.7 Å². The van der Waals surface area contributed by atoms with Crippen LogP contribution in [0.25, 0.3) is 43.6 Å². The summed E-state index contributed by atoms with van der Waals surface area (Å²) >= 11 is 0. The normalized spacial score (nSPS) is 14.6. The second kappa shape index (κ2) is 12.0. The molecule has 0 spiro atoms. The van der Waals surface area contributed by atoms with Crippen molar-refractivity contribution in [1.82, 2.24) is 4.98 Å². The zero-order chi connectivity index (χ0) is 30.7. The average molecular weight is 780 g/mol. The van der Waals surface area contributed by atoms with E-state index in [1.165, 1.54) is 16.7 Å². The largest absolute Gasteiger partial charge is 2.00 e. The molecule has 3 heterocycles. The van der Waals surface area contributed by atoms with Gasteiger partial charge in [-0.25, -0.2) is 0 Å². The molecule has 1 atom stereocenters. The minimum atomic E-state index is 0. The molecule has 0 bridgehead atoms. The summed E-state index contributed by atoms with van der Waals surface area (Å²) in [6, 6.07) is 35.9. The average Bonchev–Trinajstić information content (AvgIpc) is 3.70. The van der Waals surface area contributed by atoms with Crippen LogP contribution in [-0.4, -0.2) is 10.7 Å². The van der Waals surface area contributed by atoms with Crippen LogP contribution in [0.3, 0.4) is 0 Å². The quantitative estimate of drug-likeness (QED) is 0.125. The van der Waals surface area contributed by atoms with Crippen molar-refractivity contribution in [2.75, 3.05) is 0 Å². The number of para-hydroxylation sites is 1. The number of pyridine rings is 1. The van der Waals surface area contributed by atoms with E-state index in [1.807, 2.05) is 54.9 Å². The van der Waals surface area contributed by atoms with E-state index in [-0.39, 0.29) is 27.0 Å². The van der Waals surface area contributed by atoms with Crippen molar-refractivity contribution in [3.8, 4) is 11.5 Å².